The molecule has 0 fully saturated rings. The third kappa shape index (κ3) is 3.04. The van der Waals surface area contributed by atoms with Crippen LogP contribution in [0.4, 0.5) is 5.69 Å². The van der Waals surface area contributed by atoms with E-state index in [4.69, 9.17) is 0 Å². The van der Waals surface area contributed by atoms with Crippen molar-refractivity contribution in [2.24, 2.45) is 5.92 Å². The molecule has 2 atom stereocenters. The molecule has 0 unspecified atom stereocenters. The van der Waals surface area contributed by atoms with Gasteiger partial charge in [0.2, 0.25) is 0 Å². The standard InChI is InChI=1S/C12H15NO5/c1-3-10(12(15)18-2)11(14)8-4-6-9(7-5-8)13(16)17/h4-7,10-11,14H,3H2,1-2H3/t10-,11+/m0/s1. The van der Waals surface area contributed by atoms with Crippen LogP contribution in [0.5, 0.6) is 0 Å². The smallest absolute Gasteiger partial charge is 0.311 e. The Bertz CT molecular complexity index is 429. The van der Waals surface area contributed by atoms with Crippen LogP contribution in [0.25, 0.3) is 0 Å². The second kappa shape index (κ2) is 6.11. The van der Waals surface area contributed by atoms with Crippen molar-refractivity contribution < 1.29 is 19.6 Å². The van der Waals surface area contributed by atoms with Crippen LogP contribution in [0, 0.1) is 16.0 Å². The van der Waals surface area contributed by atoms with Crippen molar-refractivity contribution in [3.05, 3.63) is 39.9 Å². The Morgan fingerprint density at radius 2 is 2.00 bits per heavy atom. The summed E-state index contributed by atoms with van der Waals surface area (Å²) in [6.45, 7) is 1.76. The Kier molecular flexibility index (Phi) is 4.79. The molecular formula is C12H15NO5. The summed E-state index contributed by atoms with van der Waals surface area (Å²) < 4.78 is 4.60. The van der Waals surface area contributed by atoms with Gasteiger partial charge in [-0.2, -0.15) is 0 Å². The van der Waals surface area contributed by atoms with Gasteiger partial charge in [0.1, 0.15) is 0 Å². The van der Waals surface area contributed by atoms with Crippen LogP contribution in [0.2, 0.25) is 0 Å². The molecule has 0 aliphatic heterocycles. The molecule has 0 amide bonds. The van der Waals surface area contributed by atoms with Crippen molar-refractivity contribution in [2.75, 3.05) is 7.11 Å². The maximum Gasteiger partial charge on any atom is 0.311 e. The second-order valence-electron chi connectivity index (χ2n) is 3.83. The van der Waals surface area contributed by atoms with Gasteiger partial charge in [-0.05, 0) is 24.1 Å². The monoisotopic (exact) mass is 253 g/mol. The summed E-state index contributed by atoms with van der Waals surface area (Å²) in [4.78, 5) is 21.4. The third-order valence-corrected chi connectivity index (χ3v) is 2.77. The predicted molar refractivity (Wildman–Crippen MR) is 63.9 cm³/mol. The van der Waals surface area contributed by atoms with Crippen molar-refractivity contribution in [3.8, 4) is 0 Å². The number of nitro benzene ring substituents is 1. The van der Waals surface area contributed by atoms with E-state index in [-0.39, 0.29) is 5.69 Å². The number of nitrogens with zero attached hydrogens (tertiary/aromatic N) is 1. The second-order valence-corrected chi connectivity index (χ2v) is 3.83. The number of esters is 1. The first-order chi connectivity index (χ1) is 8.51. The highest BCUT2D eigenvalue weighted by molar-refractivity contribution is 5.73. The number of non-ortho nitro benzene ring substituents is 1. The molecule has 0 heterocycles. The predicted octanol–water partition coefficient (Wildman–Crippen LogP) is 1.83. The van der Waals surface area contributed by atoms with E-state index in [1.807, 2.05) is 0 Å². The molecule has 0 aliphatic rings. The highest BCUT2D eigenvalue weighted by Crippen LogP contribution is 2.27. The number of rotatable bonds is 5. The fourth-order valence-corrected chi connectivity index (χ4v) is 1.70. The largest absolute Gasteiger partial charge is 0.469 e. The van der Waals surface area contributed by atoms with Crippen LogP contribution in [0.1, 0.15) is 25.0 Å². The summed E-state index contributed by atoms with van der Waals surface area (Å²) in [5.74, 6) is -1.17. The summed E-state index contributed by atoms with van der Waals surface area (Å²) in [6.07, 6.45) is -0.603. The van der Waals surface area contributed by atoms with Gasteiger partial charge >= 0.3 is 5.97 Å². The molecule has 1 aromatic carbocycles. The molecule has 6 nitrogen and oxygen atoms in total. The lowest BCUT2D eigenvalue weighted by atomic mass is 9.93. The minimum atomic E-state index is -1.02. The van der Waals surface area contributed by atoms with Crippen LogP contribution in [-0.4, -0.2) is 23.1 Å². The van der Waals surface area contributed by atoms with Crippen LogP contribution in [0.3, 0.4) is 0 Å². The maximum atomic E-state index is 11.4. The molecule has 1 rings (SSSR count). The summed E-state index contributed by atoms with van der Waals surface area (Å²) in [5.41, 5.74) is 0.398. The number of carbonyl (C=O) groups excluding carboxylic acids is 1. The number of aliphatic hydroxyl groups excluding tert-OH is 1. The summed E-state index contributed by atoms with van der Waals surface area (Å²) >= 11 is 0. The highest BCUT2D eigenvalue weighted by Gasteiger charge is 2.27. The van der Waals surface area contributed by atoms with Gasteiger partial charge in [-0.25, -0.2) is 0 Å². The van der Waals surface area contributed by atoms with Gasteiger partial charge in [-0.3, -0.25) is 14.9 Å². The molecule has 0 radical (unpaired) electrons. The molecule has 0 aliphatic carbocycles. The first-order valence-corrected chi connectivity index (χ1v) is 5.51. The minimum absolute atomic E-state index is 0.0583. The van der Waals surface area contributed by atoms with Crippen LogP contribution in [-0.2, 0) is 9.53 Å². The summed E-state index contributed by atoms with van der Waals surface area (Å²) in [7, 11) is 1.26. The first-order valence-electron chi connectivity index (χ1n) is 5.51. The summed E-state index contributed by atoms with van der Waals surface area (Å²) in [6, 6.07) is 5.47. The molecular weight excluding hydrogens is 238 g/mol. The van der Waals surface area contributed by atoms with Gasteiger partial charge in [0, 0.05) is 12.1 Å². The van der Waals surface area contributed by atoms with Crippen LogP contribution >= 0.6 is 0 Å². The first kappa shape index (κ1) is 14.1. The van der Waals surface area contributed by atoms with E-state index in [0.29, 0.717) is 12.0 Å². The molecule has 0 saturated carbocycles. The van der Waals surface area contributed by atoms with E-state index >= 15 is 0 Å². The Morgan fingerprint density at radius 1 is 1.44 bits per heavy atom. The van der Waals surface area contributed by atoms with Gasteiger partial charge in [0.25, 0.3) is 5.69 Å². The lowest BCUT2D eigenvalue weighted by molar-refractivity contribution is -0.384. The van der Waals surface area contributed by atoms with E-state index in [1.54, 1.807) is 6.92 Å². The molecule has 1 aromatic rings. The number of ether oxygens (including phenoxy) is 1. The van der Waals surface area contributed by atoms with Crippen molar-refractivity contribution in [2.45, 2.75) is 19.4 Å². The Hall–Kier alpha value is -1.95. The normalized spacial score (nSPS) is 13.7. The number of nitro groups is 1. The molecule has 0 aromatic heterocycles. The quantitative estimate of drug-likeness (QED) is 0.491. The van der Waals surface area contributed by atoms with Crippen LogP contribution < -0.4 is 0 Å². The molecule has 1 N–H and O–H groups in total. The van der Waals surface area contributed by atoms with Gasteiger partial charge in [-0.1, -0.05) is 6.92 Å². The number of hydrogen-bond donors (Lipinski definition) is 1. The van der Waals surface area contributed by atoms with E-state index in [2.05, 4.69) is 4.74 Å². The lowest BCUT2D eigenvalue weighted by Gasteiger charge is -2.19. The summed E-state index contributed by atoms with van der Waals surface area (Å²) in [5, 5.41) is 20.5. The molecule has 0 bridgehead atoms. The minimum Gasteiger partial charge on any atom is -0.469 e. The van der Waals surface area contributed by atoms with Crippen molar-refractivity contribution >= 4 is 11.7 Å². The zero-order chi connectivity index (χ0) is 13.7. The number of methoxy groups -OCH3 is 1. The van der Waals surface area contributed by atoms with E-state index in [9.17, 15) is 20.0 Å². The fourth-order valence-electron chi connectivity index (χ4n) is 1.70. The average molecular weight is 253 g/mol. The molecule has 18 heavy (non-hydrogen) atoms. The van der Waals surface area contributed by atoms with Crippen molar-refractivity contribution in [3.63, 3.8) is 0 Å². The highest BCUT2D eigenvalue weighted by atomic mass is 16.6. The fraction of sp³-hybridized carbons (Fsp3) is 0.417. The van der Waals surface area contributed by atoms with E-state index < -0.39 is 22.9 Å². The molecule has 0 saturated heterocycles. The van der Waals surface area contributed by atoms with Gasteiger partial charge in [0.15, 0.2) is 0 Å². The molecule has 98 valence electrons. The van der Waals surface area contributed by atoms with Gasteiger partial charge in [0.05, 0.1) is 24.1 Å². The zero-order valence-corrected chi connectivity index (χ0v) is 10.2. The molecule has 6 heteroatoms. The topological polar surface area (TPSA) is 89.7 Å². The Morgan fingerprint density at radius 3 is 2.39 bits per heavy atom. The van der Waals surface area contributed by atoms with E-state index in [0.717, 1.165) is 0 Å². The zero-order valence-electron chi connectivity index (χ0n) is 10.2. The maximum absolute atomic E-state index is 11.4. The van der Waals surface area contributed by atoms with Crippen molar-refractivity contribution in [1.82, 2.24) is 0 Å². The lowest BCUT2D eigenvalue weighted by Crippen LogP contribution is -2.22. The SMILES string of the molecule is CC[C@H](C(=O)OC)[C@H](O)c1ccc([N+](=O)[O-])cc1. The van der Waals surface area contributed by atoms with E-state index in [1.165, 1.54) is 31.4 Å². The van der Waals surface area contributed by atoms with Gasteiger partial charge in [-0.15, -0.1) is 0 Å². The van der Waals surface area contributed by atoms with Crippen LogP contribution in [0.15, 0.2) is 24.3 Å². The molecule has 0 spiro atoms. The Balaban J connectivity index is 2.91. The van der Waals surface area contributed by atoms with Gasteiger partial charge < -0.3 is 9.84 Å². The number of aliphatic hydroxyl groups is 1. The van der Waals surface area contributed by atoms with Crippen molar-refractivity contribution in [1.29, 1.82) is 0 Å². The third-order valence-electron chi connectivity index (χ3n) is 2.77. The average Bonchev–Trinajstić information content (AvgIpc) is 2.39. The number of hydrogen-bond acceptors (Lipinski definition) is 5. The number of carbonyl (C=O) groups is 1. The number of benzene rings is 1. The Labute approximate surface area is 104 Å².